The summed E-state index contributed by atoms with van der Waals surface area (Å²) >= 11 is 5.75. The van der Waals surface area contributed by atoms with Crippen molar-refractivity contribution in [3.63, 3.8) is 0 Å². The van der Waals surface area contributed by atoms with E-state index in [-0.39, 0.29) is 17.4 Å². The van der Waals surface area contributed by atoms with Crippen LogP contribution in [0.5, 0.6) is 0 Å². The number of aliphatic carboxylic acids is 1. The number of nitrogens with zero attached hydrogens (tertiary/aromatic N) is 1. The van der Waals surface area contributed by atoms with E-state index in [0.717, 1.165) is 0 Å². The van der Waals surface area contributed by atoms with Gasteiger partial charge in [-0.1, -0.05) is 23.7 Å². The van der Waals surface area contributed by atoms with E-state index in [1.54, 1.807) is 12.1 Å². The lowest BCUT2D eigenvalue weighted by molar-refractivity contribution is -0.136. The summed E-state index contributed by atoms with van der Waals surface area (Å²) in [5.74, 6) is -1.30. The third-order valence-electron chi connectivity index (χ3n) is 2.45. The number of hydrogen-bond acceptors (Lipinski definition) is 2. The van der Waals surface area contributed by atoms with Crippen LogP contribution in [-0.2, 0) is 11.2 Å². The van der Waals surface area contributed by atoms with E-state index in [1.165, 1.54) is 24.4 Å². The Kier molecular flexibility index (Phi) is 3.58. The van der Waals surface area contributed by atoms with Gasteiger partial charge in [-0.15, -0.1) is 0 Å². The Bertz CT molecular complexity index is 584. The number of rotatable bonds is 3. The third-order valence-corrected chi connectivity index (χ3v) is 2.66. The highest BCUT2D eigenvalue weighted by molar-refractivity contribution is 6.29. The maximum absolute atomic E-state index is 12.8. The van der Waals surface area contributed by atoms with Crippen LogP contribution < -0.4 is 0 Å². The maximum Gasteiger partial charge on any atom is 0.307 e. The monoisotopic (exact) mass is 265 g/mol. The molecule has 0 spiro atoms. The van der Waals surface area contributed by atoms with Crippen molar-refractivity contribution >= 4 is 17.6 Å². The van der Waals surface area contributed by atoms with Crippen LogP contribution in [0.3, 0.4) is 0 Å². The van der Waals surface area contributed by atoms with Crippen molar-refractivity contribution < 1.29 is 14.3 Å². The first-order valence-electron chi connectivity index (χ1n) is 5.18. The number of hydrogen-bond donors (Lipinski definition) is 1. The first-order valence-corrected chi connectivity index (χ1v) is 5.56. The van der Waals surface area contributed by atoms with E-state index < -0.39 is 5.97 Å². The summed E-state index contributed by atoms with van der Waals surface area (Å²) in [7, 11) is 0. The summed E-state index contributed by atoms with van der Waals surface area (Å²) in [4.78, 5) is 14.7. The lowest BCUT2D eigenvalue weighted by atomic mass is 10.00. The molecule has 0 unspecified atom stereocenters. The highest BCUT2D eigenvalue weighted by Crippen LogP contribution is 2.25. The molecule has 0 saturated carbocycles. The minimum absolute atomic E-state index is 0.158. The second-order valence-corrected chi connectivity index (χ2v) is 4.13. The van der Waals surface area contributed by atoms with Crippen molar-refractivity contribution in [1.29, 1.82) is 0 Å². The van der Waals surface area contributed by atoms with Crippen molar-refractivity contribution in [3.05, 3.63) is 53.1 Å². The van der Waals surface area contributed by atoms with Gasteiger partial charge in [0.1, 0.15) is 11.0 Å². The molecule has 0 fully saturated rings. The van der Waals surface area contributed by atoms with Gasteiger partial charge in [-0.2, -0.15) is 0 Å². The molecule has 18 heavy (non-hydrogen) atoms. The normalized spacial score (nSPS) is 10.3. The van der Waals surface area contributed by atoms with Crippen molar-refractivity contribution in [2.24, 2.45) is 0 Å². The molecule has 5 heteroatoms. The minimum Gasteiger partial charge on any atom is -0.481 e. The van der Waals surface area contributed by atoms with E-state index in [2.05, 4.69) is 4.98 Å². The van der Waals surface area contributed by atoms with Gasteiger partial charge in [0, 0.05) is 11.8 Å². The second kappa shape index (κ2) is 5.14. The quantitative estimate of drug-likeness (QED) is 0.867. The number of benzene rings is 1. The summed E-state index contributed by atoms with van der Waals surface area (Å²) in [5.41, 5.74) is 1.90. The molecule has 0 aliphatic rings. The summed E-state index contributed by atoms with van der Waals surface area (Å²) < 4.78 is 12.8. The van der Waals surface area contributed by atoms with Crippen LogP contribution in [0.25, 0.3) is 11.1 Å². The highest BCUT2D eigenvalue weighted by Gasteiger charge is 2.10. The van der Waals surface area contributed by atoms with Gasteiger partial charge in [-0.25, -0.2) is 9.37 Å². The van der Waals surface area contributed by atoms with Gasteiger partial charge in [-0.05, 0) is 29.3 Å². The fraction of sp³-hybridized carbons (Fsp3) is 0.0769. The number of pyridine rings is 1. The Morgan fingerprint density at radius 3 is 2.61 bits per heavy atom. The predicted molar refractivity (Wildman–Crippen MR) is 66.0 cm³/mol. The van der Waals surface area contributed by atoms with Gasteiger partial charge in [0.05, 0.1) is 6.42 Å². The van der Waals surface area contributed by atoms with Crippen molar-refractivity contribution in [3.8, 4) is 11.1 Å². The molecule has 1 heterocycles. The van der Waals surface area contributed by atoms with Gasteiger partial charge >= 0.3 is 5.97 Å². The molecule has 2 rings (SSSR count). The van der Waals surface area contributed by atoms with E-state index in [9.17, 15) is 9.18 Å². The summed E-state index contributed by atoms with van der Waals surface area (Å²) in [5, 5.41) is 9.08. The van der Waals surface area contributed by atoms with E-state index in [0.29, 0.717) is 16.7 Å². The van der Waals surface area contributed by atoms with Gasteiger partial charge in [0.15, 0.2) is 0 Å². The standard InChI is InChI=1S/C13H9ClFNO2/c14-12-5-9(6-13(17)18)11(7-16-12)8-1-3-10(15)4-2-8/h1-5,7H,6H2,(H,17,18). The molecule has 0 bridgehead atoms. The molecule has 0 saturated heterocycles. The molecule has 0 aliphatic carbocycles. The zero-order chi connectivity index (χ0) is 13.1. The SMILES string of the molecule is O=C(O)Cc1cc(Cl)ncc1-c1ccc(F)cc1. The Balaban J connectivity index is 2.49. The van der Waals surface area contributed by atoms with E-state index in [4.69, 9.17) is 16.7 Å². The van der Waals surface area contributed by atoms with Crippen LogP contribution in [-0.4, -0.2) is 16.1 Å². The van der Waals surface area contributed by atoms with Gasteiger partial charge in [0.2, 0.25) is 0 Å². The number of carbonyl (C=O) groups is 1. The lowest BCUT2D eigenvalue weighted by Gasteiger charge is -2.08. The lowest BCUT2D eigenvalue weighted by Crippen LogP contribution is -2.02. The molecule has 1 N–H and O–H groups in total. The number of aromatic nitrogens is 1. The third kappa shape index (κ3) is 2.84. The van der Waals surface area contributed by atoms with Crippen LogP contribution in [0, 0.1) is 5.82 Å². The maximum atomic E-state index is 12.8. The van der Waals surface area contributed by atoms with Gasteiger partial charge in [-0.3, -0.25) is 4.79 Å². The molecule has 0 radical (unpaired) electrons. The highest BCUT2D eigenvalue weighted by atomic mass is 35.5. The number of carboxylic acids is 1. The van der Waals surface area contributed by atoms with Crippen LogP contribution >= 0.6 is 11.6 Å². The topological polar surface area (TPSA) is 50.2 Å². The molecule has 0 aliphatic heterocycles. The average Bonchev–Trinajstić information content (AvgIpc) is 2.30. The van der Waals surface area contributed by atoms with Gasteiger partial charge in [0.25, 0.3) is 0 Å². The largest absolute Gasteiger partial charge is 0.481 e. The van der Waals surface area contributed by atoms with Crippen molar-refractivity contribution in [1.82, 2.24) is 4.98 Å². The summed E-state index contributed by atoms with van der Waals surface area (Å²) in [6.45, 7) is 0. The molecular formula is C13H9ClFNO2. The molecule has 3 nitrogen and oxygen atoms in total. The molecule has 0 amide bonds. The van der Waals surface area contributed by atoms with Crippen LogP contribution in [0.4, 0.5) is 4.39 Å². The molecule has 1 aromatic carbocycles. The van der Waals surface area contributed by atoms with Crippen LogP contribution in [0.2, 0.25) is 5.15 Å². The zero-order valence-corrected chi connectivity index (χ0v) is 9.99. The van der Waals surface area contributed by atoms with Crippen LogP contribution in [0.1, 0.15) is 5.56 Å². The Labute approximate surface area is 108 Å². The van der Waals surface area contributed by atoms with Gasteiger partial charge < -0.3 is 5.11 Å². The van der Waals surface area contributed by atoms with Crippen molar-refractivity contribution in [2.75, 3.05) is 0 Å². The minimum atomic E-state index is -0.958. The predicted octanol–water partition coefficient (Wildman–Crippen LogP) is 3.17. The summed E-state index contributed by atoms with van der Waals surface area (Å²) in [6.07, 6.45) is 1.34. The summed E-state index contributed by atoms with van der Waals surface area (Å²) in [6, 6.07) is 7.29. The second-order valence-electron chi connectivity index (χ2n) is 3.74. The molecule has 92 valence electrons. The smallest absolute Gasteiger partial charge is 0.307 e. The number of halogens is 2. The fourth-order valence-corrected chi connectivity index (χ4v) is 1.85. The fourth-order valence-electron chi connectivity index (χ4n) is 1.67. The van der Waals surface area contributed by atoms with Crippen LogP contribution in [0.15, 0.2) is 36.5 Å². The molecule has 1 aromatic heterocycles. The molecular weight excluding hydrogens is 257 g/mol. The Hall–Kier alpha value is -1.94. The first kappa shape index (κ1) is 12.5. The number of carboxylic acid groups (broad SMARTS) is 1. The Morgan fingerprint density at radius 1 is 1.33 bits per heavy atom. The zero-order valence-electron chi connectivity index (χ0n) is 9.23. The molecule has 2 aromatic rings. The average molecular weight is 266 g/mol. The van der Waals surface area contributed by atoms with E-state index >= 15 is 0 Å². The van der Waals surface area contributed by atoms with E-state index in [1.807, 2.05) is 0 Å². The Morgan fingerprint density at radius 2 is 2.00 bits per heavy atom. The van der Waals surface area contributed by atoms with Crippen molar-refractivity contribution in [2.45, 2.75) is 6.42 Å². The molecule has 0 atom stereocenters. The first-order chi connectivity index (χ1) is 8.56.